The third kappa shape index (κ3) is 5.10. The van der Waals surface area contributed by atoms with Gasteiger partial charge in [0.2, 0.25) is 10.0 Å². The standard InChI is InChI=1S/C22H25NO5S/c1-16-12-17(2)14-23(13-16)29(26,27)20-10-8-19(9-11-20)22(25)28-15-21(24)18-6-4-3-5-7-18/h3-11,16-17H,12-15H2,1-2H3/t16-,17-/m1/s1. The number of piperidine rings is 1. The summed E-state index contributed by atoms with van der Waals surface area (Å²) in [7, 11) is -3.60. The molecule has 0 aliphatic carbocycles. The fourth-order valence-electron chi connectivity index (χ4n) is 3.64. The molecule has 29 heavy (non-hydrogen) atoms. The fraction of sp³-hybridized carbons (Fsp3) is 0.364. The maximum absolute atomic E-state index is 12.9. The molecule has 1 fully saturated rings. The molecule has 0 bridgehead atoms. The quantitative estimate of drug-likeness (QED) is 0.534. The molecule has 3 rings (SSSR count). The molecule has 0 saturated carbocycles. The van der Waals surface area contributed by atoms with Crippen molar-refractivity contribution < 1.29 is 22.7 Å². The van der Waals surface area contributed by atoms with Crippen LogP contribution in [-0.2, 0) is 14.8 Å². The number of benzene rings is 2. The maximum Gasteiger partial charge on any atom is 0.338 e. The Morgan fingerprint density at radius 3 is 2.10 bits per heavy atom. The molecule has 1 aliphatic heterocycles. The molecule has 0 unspecified atom stereocenters. The molecule has 2 aromatic rings. The molecule has 0 N–H and O–H groups in total. The van der Waals surface area contributed by atoms with E-state index in [0.29, 0.717) is 30.5 Å². The minimum atomic E-state index is -3.60. The Morgan fingerprint density at radius 2 is 1.52 bits per heavy atom. The van der Waals surface area contributed by atoms with Crippen molar-refractivity contribution in [3.63, 3.8) is 0 Å². The molecule has 1 saturated heterocycles. The van der Waals surface area contributed by atoms with E-state index in [1.54, 1.807) is 30.3 Å². The van der Waals surface area contributed by atoms with Gasteiger partial charge in [-0.15, -0.1) is 0 Å². The summed E-state index contributed by atoms with van der Waals surface area (Å²) < 4.78 is 32.4. The SMILES string of the molecule is C[C@@H]1C[C@@H](C)CN(S(=O)(=O)c2ccc(C(=O)OCC(=O)c3ccccc3)cc2)C1. The molecule has 2 aromatic carbocycles. The van der Waals surface area contributed by atoms with E-state index < -0.39 is 16.0 Å². The highest BCUT2D eigenvalue weighted by Crippen LogP contribution is 2.26. The first-order valence-electron chi connectivity index (χ1n) is 9.63. The third-order valence-electron chi connectivity index (χ3n) is 4.99. The summed E-state index contributed by atoms with van der Waals surface area (Å²) >= 11 is 0. The van der Waals surface area contributed by atoms with Crippen molar-refractivity contribution in [2.75, 3.05) is 19.7 Å². The molecular weight excluding hydrogens is 390 g/mol. The maximum atomic E-state index is 12.9. The van der Waals surface area contributed by atoms with Crippen LogP contribution in [0.15, 0.2) is 59.5 Å². The van der Waals surface area contributed by atoms with E-state index in [4.69, 9.17) is 4.74 Å². The Morgan fingerprint density at radius 1 is 0.931 bits per heavy atom. The van der Waals surface area contributed by atoms with E-state index in [9.17, 15) is 18.0 Å². The minimum absolute atomic E-state index is 0.149. The number of sulfonamides is 1. The Labute approximate surface area is 171 Å². The first-order chi connectivity index (χ1) is 13.8. The largest absolute Gasteiger partial charge is 0.454 e. The van der Waals surface area contributed by atoms with Crippen LogP contribution in [0.4, 0.5) is 0 Å². The number of ketones is 1. The smallest absolute Gasteiger partial charge is 0.338 e. The van der Waals surface area contributed by atoms with Crippen molar-refractivity contribution >= 4 is 21.8 Å². The Hall–Kier alpha value is -2.51. The van der Waals surface area contributed by atoms with Gasteiger partial charge in [-0.2, -0.15) is 4.31 Å². The number of nitrogens with zero attached hydrogens (tertiary/aromatic N) is 1. The molecule has 0 radical (unpaired) electrons. The average Bonchev–Trinajstić information content (AvgIpc) is 2.71. The number of hydrogen-bond acceptors (Lipinski definition) is 5. The lowest BCUT2D eigenvalue weighted by atomic mass is 9.94. The number of Topliss-reactive ketones (excluding diaryl/α,β-unsaturated/α-hetero) is 1. The van der Waals surface area contributed by atoms with Gasteiger partial charge in [-0.25, -0.2) is 13.2 Å². The van der Waals surface area contributed by atoms with Gasteiger partial charge in [-0.3, -0.25) is 4.79 Å². The van der Waals surface area contributed by atoms with Gasteiger partial charge in [0, 0.05) is 18.7 Å². The Kier molecular flexibility index (Phi) is 6.49. The molecular formula is C22H25NO5S. The molecule has 0 amide bonds. The normalized spacial score (nSPS) is 20.2. The zero-order valence-corrected chi connectivity index (χ0v) is 17.4. The number of hydrogen-bond donors (Lipinski definition) is 0. The third-order valence-corrected chi connectivity index (χ3v) is 6.84. The van der Waals surface area contributed by atoms with Gasteiger partial charge in [0.25, 0.3) is 0 Å². The number of esters is 1. The van der Waals surface area contributed by atoms with Gasteiger partial charge >= 0.3 is 5.97 Å². The van der Waals surface area contributed by atoms with Gasteiger partial charge in [-0.1, -0.05) is 44.2 Å². The van der Waals surface area contributed by atoms with Crippen LogP contribution < -0.4 is 0 Å². The second-order valence-electron chi connectivity index (χ2n) is 7.66. The number of carbonyl (C=O) groups excluding carboxylic acids is 2. The molecule has 0 spiro atoms. The highest BCUT2D eigenvalue weighted by atomic mass is 32.2. The average molecular weight is 416 g/mol. The van der Waals surface area contributed by atoms with Crippen LogP contribution in [0.25, 0.3) is 0 Å². The molecule has 7 heteroatoms. The molecule has 2 atom stereocenters. The monoisotopic (exact) mass is 415 g/mol. The topological polar surface area (TPSA) is 80.8 Å². The van der Waals surface area contributed by atoms with Gasteiger partial charge in [-0.05, 0) is 42.5 Å². The van der Waals surface area contributed by atoms with Crippen LogP contribution in [0.2, 0.25) is 0 Å². The Balaban J connectivity index is 1.64. The summed E-state index contributed by atoms with van der Waals surface area (Å²) in [6.45, 7) is 4.73. The summed E-state index contributed by atoms with van der Waals surface area (Å²) in [5.41, 5.74) is 0.664. The van der Waals surface area contributed by atoms with Crippen molar-refractivity contribution in [1.29, 1.82) is 0 Å². The van der Waals surface area contributed by atoms with Crippen LogP contribution in [0.3, 0.4) is 0 Å². The van der Waals surface area contributed by atoms with E-state index in [0.717, 1.165) is 6.42 Å². The van der Waals surface area contributed by atoms with E-state index in [2.05, 4.69) is 0 Å². The van der Waals surface area contributed by atoms with Crippen LogP contribution >= 0.6 is 0 Å². The predicted octanol–water partition coefficient (Wildman–Crippen LogP) is 3.39. The summed E-state index contributed by atoms with van der Waals surface area (Å²) in [6.07, 6.45) is 1.01. The predicted molar refractivity (Wildman–Crippen MR) is 109 cm³/mol. The Bertz CT molecular complexity index is 960. The zero-order chi connectivity index (χ0) is 21.0. The molecule has 1 heterocycles. The van der Waals surface area contributed by atoms with Gasteiger partial charge in [0.15, 0.2) is 12.4 Å². The van der Waals surface area contributed by atoms with Crippen molar-refractivity contribution in [1.82, 2.24) is 4.31 Å². The minimum Gasteiger partial charge on any atom is -0.454 e. The van der Waals surface area contributed by atoms with E-state index in [1.807, 2.05) is 13.8 Å². The van der Waals surface area contributed by atoms with Crippen LogP contribution in [0, 0.1) is 11.8 Å². The van der Waals surface area contributed by atoms with Crippen LogP contribution in [0.1, 0.15) is 41.0 Å². The first-order valence-corrected chi connectivity index (χ1v) is 11.1. The second-order valence-corrected chi connectivity index (χ2v) is 9.60. The highest BCUT2D eigenvalue weighted by Gasteiger charge is 2.31. The fourth-order valence-corrected chi connectivity index (χ4v) is 5.32. The summed E-state index contributed by atoms with van der Waals surface area (Å²) in [4.78, 5) is 24.4. The lowest BCUT2D eigenvalue weighted by Crippen LogP contribution is -2.42. The number of carbonyl (C=O) groups is 2. The van der Waals surface area contributed by atoms with E-state index in [-0.39, 0.29) is 22.8 Å². The van der Waals surface area contributed by atoms with Crippen molar-refractivity contribution in [2.24, 2.45) is 11.8 Å². The van der Waals surface area contributed by atoms with E-state index in [1.165, 1.54) is 28.6 Å². The summed E-state index contributed by atoms with van der Waals surface area (Å²) in [5.74, 6) is -0.347. The molecule has 0 aromatic heterocycles. The summed E-state index contributed by atoms with van der Waals surface area (Å²) in [6, 6.07) is 14.2. The van der Waals surface area contributed by atoms with Crippen LogP contribution in [-0.4, -0.2) is 44.2 Å². The van der Waals surface area contributed by atoms with Crippen molar-refractivity contribution in [3.8, 4) is 0 Å². The van der Waals surface area contributed by atoms with E-state index >= 15 is 0 Å². The highest BCUT2D eigenvalue weighted by molar-refractivity contribution is 7.89. The van der Waals surface area contributed by atoms with Gasteiger partial charge in [0.05, 0.1) is 10.5 Å². The lowest BCUT2D eigenvalue weighted by Gasteiger charge is -2.34. The van der Waals surface area contributed by atoms with Crippen molar-refractivity contribution in [2.45, 2.75) is 25.2 Å². The van der Waals surface area contributed by atoms with Gasteiger partial charge in [0.1, 0.15) is 0 Å². The van der Waals surface area contributed by atoms with Crippen molar-refractivity contribution in [3.05, 3.63) is 65.7 Å². The number of rotatable bonds is 6. The molecule has 1 aliphatic rings. The van der Waals surface area contributed by atoms with Gasteiger partial charge < -0.3 is 4.74 Å². The zero-order valence-electron chi connectivity index (χ0n) is 16.6. The van der Waals surface area contributed by atoms with Crippen LogP contribution in [0.5, 0.6) is 0 Å². The summed E-state index contributed by atoms with van der Waals surface area (Å²) in [5, 5.41) is 0. The first kappa shape index (κ1) is 21.2. The second kappa shape index (κ2) is 8.88. The molecule has 154 valence electrons. The molecule has 6 nitrogen and oxygen atoms in total. The number of ether oxygens (including phenoxy) is 1. The lowest BCUT2D eigenvalue weighted by molar-refractivity contribution is 0.0474.